The van der Waals surface area contributed by atoms with Crippen LogP contribution in [0.15, 0.2) is 24.3 Å². The van der Waals surface area contributed by atoms with E-state index in [0.29, 0.717) is 12.2 Å². The molecule has 5 heteroatoms. The number of hydrogen-bond acceptors (Lipinski definition) is 4. The summed E-state index contributed by atoms with van der Waals surface area (Å²) in [5.41, 5.74) is 0.00309. The van der Waals surface area contributed by atoms with E-state index in [1.165, 1.54) is 24.3 Å². The smallest absolute Gasteiger partial charge is 0.269 e. The minimum Gasteiger partial charge on any atom is -0.465 e. The van der Waals surface area contributed by atoms with E-state index in [2.05, 4.69) is 0 Å². The van der Waals surface area contributed by atoms with Gasteiger partial charge in [0.15, 0.2) is 6.29 Å². The molecule has 14 heavy (non-hydrogen) atoms. The van der Waals surface area contributed by atoms with E-state index in [4.69, 9.17) is 9.84 Å². The van der Waals surface area contributed by atoms with Crippen molar-refractivity contribution in [2.75, 3.05) is 0 Å². The first kappa shape index (κ1) is 10.5. The highest BCUT2D eigenvalue weighted by Gasteiger charge is 2.06. The second-order valence-electron chi connectivity index (χ2n) is 2.73. The molecular formula is C9H11NO4. The van der Waals surface area contributed by atoms with Gasteiger partial charge in [0.1, 0.15) is 5.75 Å². The molecular weight excluding hydrogens is 186 g/mol. The largest absolute Gasteiger partial charge is 0.465 e. The number of rotatable bonds is 4. The molecule has 0 bridgehead atoms. The van der Waals surface area contributed by atoms with Crippen LogP contribution in [0.1, 0.15) is 13.3 Å². The molecule has 0 aliphatic heterocycles. The van der Waals surface area contributed by atoms with Crippen LogP contribution in [0.25, 0.3) is 0 Å². The molecule has 1 atom stereocenters. The fourth-order valence-corrected chi connectivity index (χ4v) is 0.887. The molecule has 5 nitrogen and oxygen atoms in total. The van der Waals surface area contributed by atoms with Crippen molar-refractivity contribution in [3.63, 3.8) is 0 Å². The van der Waals surface area contributed by atoms with Gasteiger partial charge in [0.2, 0.25) is 0 Å². The summed E-state index contributed by atoms with van der Waals surface area (Å²) in [5, 5.41) is 19.4. The molecule has 0 saturated carbocycles. The summed E-state index contributed by atoms with van der Waals surface area (Å²) in [7, 11) is 0. The standard InChI is InChI=1S/C9H11NO4/c1-2-9(11)14-8-5-3-7(4-6-8)10(12)13/h3-6,9,11H,2H2,1H3. The minimum absolute atomic E-state index is 0.00309. The lowest BCUT2D eigenvalue weighted by Gasteiger charge is -2.10. The van der Waals surface area contributed by atoms with E-state index >= 15 is 0 Å². The van der Waals surface area contributed by atoms with Crippen LogP contribution in [-0.2, 0) is 0 Å². The number of benzene rings is 1. The van der Waals surface area contributed by atoms with Crippen molar-refractivity contribution >= 4 is 5.69 Å². The van der Waals surface area contributed by atoms with Crippen LogP contribution in [0, 0.1) is 10.1 Å². The van der Waals surface area contributed by atoms with Crippen molar-refractivity contribution in [1.82, 2.24) is 0 Å². The van der Waals surface area contributed by atoms with Gasteiger partial charge in [-0.3, -0.25) is 10.1 Å². The third-order valence-electron chi connectivity index (χ3n) is 1.67. The van der Waals surface area contributed by atoms with Crippen molar-refractivity contribution in [1.29, 1.82) is 0 Å². The SMILES string of the molecule is CCC(O)Oc1ccc([N+](=O)[O-])cc1. The average molecular weight is 197 g/mol. The van der Waals surface area contributed by atoms with E-state index in [1.807, 2.05) is 0 Å². The van der Waals surface area contributed by atoms with E-state index in [1.54, 1.807) is 6.92 Å². The summed E-state index contributed by atoms with van der Waals surface area (Å²) in [4.78, 5) is 9.82. The molecule has 1 aromatic carbocycles. The van der Waals surface area contributed by atoms with Gasteiger partial charge in [-0.1, -0.05) is 6.92 Å². The van der Waals surface area contributed by atoms with E-state index in [9.17, 15) is 10.1 Å². The van der Waals surface area contributed by atoms with Crippen molar-refractivity contribution in [2.45, 2.75) is 19.6 Å². The fraction of sp³-hybridized carbons (Fsp3) is 0.333. The van der Waals surface area contributed by atoms with Crippen LogP contribution in [0.3, 0.4) is 0 Å². The maximum absolute atomic E-state index is 10.3. The zero-order valence-electron chi connectivity index (χ0n) is 7.71. The van der Waals surface area contributed by atoms with Gasteiger partial charge in [-0.25, -0.2) is 0 Å². The van der Waals surface area contributed by atoms with Crippen molar-refractivity contribution < 1.29 is 14.8 Å². The van der Waals surface area contributed by atoms with Crippen LogP contribution in [0.4, 0.5) is 5.69 Å². The molecule has 76 valence electrons. The summed E-state index contributed by atoms with van der Waals surface area (Å²) >= 11 is 0. The summed E-state index contributed by atoms with van der Waals surface area (Å²) in [6, 6.07) is 5.57. The lowest BCUT2D eigenvalue weighted by Crippen LogP contribution is -2.13. The first-order chi connectivity index (χ1) is 6.63. The number of hydrogen-bond donors (Lipinski definition) is 1. The Bertz CT molecular complexity index is 309. The second-order valence-corrected chi connectivity index (χ2v) is 2.73. The molecule has 0 amide bonds. The van der Waals surface area contributed by atoms with Gasteiger partial charge < -0.3 is 9.84 Å². The Kier molecular flexibility index (Phi) is 3.41. The van der Waals surface area contributed by atoms with Crippen molar-refractivity contribution in [3.8, 4) is 5.75 Å². The predicted octanol–water partition coefficient (Wildman–Crippen LogP) is 1.70. The van der Waals surface area contributed by atoms with Crippen LogP contribution in [0.5, 0.6) is 5.75 Å². The molecule has 0 saturated heterocycles. The Morgan fingerprint density at radius 3 is 2.50 bits per heavy atom. The van der Waals surface area contributed by atoms with Gasteiger partial charge in [0.25, 0.3) is 5.69 Å². The molecule has 1 aromatic rings. The summed E-state index contributed by atoms with van der Waals surface area (Å²) in [5.74, 6) is 0.421. The van der Waals surface area contributed by atoms with Gasteiger partial charge in [-0.15, -0.1) is 0 Å². The summed E-state index contributed by atoms with van der Waals surface area (Å²) in [6.07, 6.45) is -0.395. The number of non-ortho nitro benzene ring substituents is 1. The van der Waals surface area contributed by atoms with Crippen LogP contribution >= 0.6 is 0 Å². The van der Waals surface area contributed by atoms with Gasteiger partial charge in [0, 0.05) is 18.6 Å². The van der Waals surface area contributed by atoms with Gasteiger partial charge in [0.05, 0.1) is 4.92 Å². The Hall–Kier alpha value is -1.62. The number of nitro benzene ring substituents is 1. The molecule has 0 aliphatic carbocycles. The van der Waals surface area contributed by atoms with Crippen LogP contribution in [-0.4, -0.2) is 16.3 Å². The van der Waals surface area contributed by atoms with E-state index in [0.717, 1.165) is 0 Å². The number of nitrogens with zero attached hydrogens (tertiary/aromatic N) is 1. The average Bonchev–Trinajstić information content (AvgIpc) is 2.18. The highest BCUT2D eigenvalue weighted by Crippen LogP contribution is 2.18. The van der Waals surface area contributed by atoms with E-state index < -0.39 is 11.2 Å². The third-order valence-corrected chi connectivity index (χ3v) is 1.67. The summed E-state index contributed by atoms with van der Waals surface area (Å²) in [6.45, 7) is 1.77. The Morgan fingerprint density at radius 1 is 1.50 bits per heavy atom. The lowest BCUT2D eigenvalue weighted by atomic mass is 10.3. The number of aliphatic hydroxyl groups excluding tert-OH is 1. The molecule has 0 spiro atoms. The maximum Gasteiger partial charge on any atom is 0.269 e. The predicted molar refractivity (Wildman–Crippen MR) is 50.0 cm³/mol. The zero-order valence-corrected chi connectivity index (χ0v) is 7.71. The minimum atomic E-state index is -0.864. The normalized spacial score (nSPS) is 12.1. The van der Waals surface area contributed by atoms with E-state index in [-0.39, 0.29) is 5.69 Å². The fourth-order valence-electron chi connectivity index (χ4n) is 0.887. The number of nitro groups is 1. The van der Waals surface area contributed by atoms with Crippen LogP contribution in [0.2, 0.25) is 0 Å². The molecule has 1 unspecified atom stereocenters. The molecule has 1 N–H and O–H groups in total. The zero-order chi connectivity index (χ0) is 10.6. The molecule has 0 radical (unpaired) electrons. The highest BCUT2D eigenvalue weighted by atomic mass is 16.6. The van der Waals surface area contributed by atoms with Gasteiger partial charge >= 0.3 is 0 Å². The number of aliphatic hydroxyl groups is 1. The third kappa shape index (κ3) is 2.70. The molecule has 0 fully saturated rings. The van der Waals surface area contributed by atoms with Gasteiger partial charge in [-0.05, 0) is 12.1 Å². The van der Waals surface area contributed by atoms with Crippen molar-refractivity contribution in [3.05, 3.63) is 34.4 Å². The Balaban J connectivity index is 2.68. The maximum atomic E-state index is 10.3. The molecule has 0 aliphatic rings. The molecule has 0 heterocycles. The second kappa shape index (κ2) is 4.57. The van der Waals surface area contributed by atoms with Gasteiger partial charge in [-0.2, -0.15) is 0 Å². The quantitative estimate of drug-likeness (QED) is 0.453. The van der Waals surface area contributed by atoms with Crippen molar-refractivity contribution in [2.24, 2.45) is 0 Å². The molecule has 1 rings (SSSR count). The topological polar surface area (TPSA) is 72.6 Å². The molecule has 0 aromatic heterocycles. The summed E-state index contributed by atoms with van der Waals surface area (Å²) < 4.78 is 5.03. The lowest BCUT2D eigenvalue weighted by molar-refractivity contribution is -0.384. The highest BCUT2D eigenvalue weighted by molar-refractivity contribution is 5.35. The number of ether oxygens (including phenoxy) is 1. The first-order valence-corrected chi connectivity index (χ1v) is 4.22. The van der Waals surface area contributed by atoms with Crippen LogP contribution < -0.4 is 4.74 Å². The Morgan fingerprint density at radius 2 is 2.07 bits per heavy atom. The monoisotopic (exact) mass is 197 g/mol. The first-order valence-electron chi connectivity index (χ1n) is 4.22. The Labute approximate surface area is 81.1 Å².